The van der Waals surface area contributed by atoms with Crippen LogP contribution in [0.5, 0.6) is 0 Å². The minimum absolute atomic E-state index is 0.559. The molecule has 0 bridgehead atoms. The van der Waals surface area contributed by atoms with E-state index in [1.54, 1.807) is 0 Å². The number of rotatable bonds is 0. The molecule has 4 rings (SSSR count). The molecule has 0 amide bonds. The van der Waals surface area contributed by atoms with Gasteiger partial charge in [0.1, 0.15) is 5.65 Å². The van der Waals surface area contributed by atoms with E-state index in [4.69, 9.17) is 4.98 Å². The molecule has 1 unspecified atom stereocenters. The molecule has 1 atom stereocenters. The summed E-state index contributed by atoms with van der Waals surface area (Å²) in [6, 6.07) is 15.0. The number of hydrogen-bond acceptors (Lipinski definition) is 1. The molecule has 1 aliphatic rings. The van der Waals surface area contributed by atoms with Crippen LogP contribution in [0.2, 0.25) is 0 Å². The average molecular weight is 248 g/mol. The van der Waals surface area contributed by atoms with E-state index in [-0.39, 0.29) is 0 Å². The number of aryl methyl sites for hydroxylation is 1. The standard InChI is InChI=1S/C17H16N2/c1-11-10-15-17(14-8-4-3-7-13(11)14)18-16-9-5-6-12(2)19(15)16/h3-9,11H,10H2,1-2H3. The molecule has 0 aliphatic heterocycles. The summed E-state index contributed by atoms with van der Waals surface area (Å²) >= 11 is 0. The molecule has 94 valence electrons. The van der Waals surface area contributed by atoms with Crippen molar-refractivity contribution < 1.29 is 0 Å². The molecular formula is C17H16N2. The number of pyridine rings is 1. The molecular weight excluding hydrogens is 232 g/mol. The van der Waals surface area contributed by atoms with Gasteiger partial charge in [0.25, 0.3) is 0 Å². The van der Waals surface area contributed by atoms with E-state index >= 15 is 0 Å². The van der Waals surface area contributed by atoms with E-state index in [0.29, 0.717) is 5.92 Å². The van der Waals surface area contributed by atoms with Gasteiger partial charge in [-0.2, -0.15) is 0 Å². The minimum atomic E-state index is 0.559. The monoisotopic (exact) mass is 248 g/mol. The fourth-order valence-corrected chi connectivity index (χ4v) is 3.27. The van der Waals surface area contributed by atoms with E-state index in [2.05, 4.69) is 60.7 Å². The molecule has 0 radical (unpaired) electrons. The van der Waals surface area contributed by atoms with Crippen molar-refractivity contribution in [3.8, 4) is 11.3 Å². The zero-order chi connectivity index (χ0) is 13.0. The fourth-order valence-electron chi connectivity index (χ4n) is 3.27. The Morgan fingerprint density at radius 3 is 2.84 bits per heavy atom. The molecule has 0 N–H and O–H groups in total. The number of imidazole rings is 1. The summed E-state index contributed by atoms with van der Waals surface area (Å²) in [5, 5.41) is 0. The maximum absolute atomic E-state index is 4.85. The lowest BCUT2D eigenvalue weighted by molar-refractivity contribution is 0.721. The molecule has 3 aromatic rings. The van der Waals surface area contributed by atoms with Gasteiger partial charge in [-0.05, 0) is 37.0 Å². The Morgan fingerprint density at radius 1 is 1.11 bits per heavy atom. The lowest BCUT2D eigenvalue weighted by Gasteiger charge is -2.22. The number of fused-ring (bicyclic) bond motifs is 5. The maximum atomic E-state index is 4.85. The van der Waals surface area contributed by atoms with Gasteiger partial charge in [0.2, 0.25) is 0 Å². The number of hydrogen-bond donors (Lipinski definition) is 0. The van der Waals surface area contributed by atoms with Crippen LogP contribution in [-0.4, -0.2) is 9.38 Å². The quantitative estimate of drug-likeness (QED) is 0.588. The summed E-state index contributed by atoms with van der Waals surface area (Å²) in [5.41, 5.74) is 7.59. The highest BCUT2D eigenvalue weighted by atomic mass is 15.0. The SMILES string of the molecule is Cc1cccc2nc3c(n12)CC(C)c1ccccc1-3. The smallest absolute Gasteiger partial charge is 0.137 e. The number of nitrogens with zero attached hydrogens (tertiary/aromatic N) is 2. The first-order valence-corrected chi connectivity index (χ1v) is 6.82. The van der Waals surface area contributed by atoms with Crippen LogP contribution in [0.25, 0.3) is 16.9 Å². The molecule has 2 aromatic heterocycles. The Balaban J connectivity index is 2.12. The third-order valence-corrected chi connectivity index (χ3v) is 4.18. The van der Waals surface area contributed by atoms with Gasteiger partial charge in [0.05, 0.1) is 11.4 Å². The third-order valence-electron chi connectivity index (χ3n) is 4.18. The lowest BCUT2D eigenvalue weighted by Crippen LogP contribution is -2.10. The zero-order valence-electron chi connectivity index (χ0n) is 11.2. The predicted octanol–water partition coefficient (Wildman–Crippen LogP) is 3.97. The van der Waals surface area contributed by atoms with E-state index < -0.39 is 0 Å². The maximum Gasteiger partial charge on any atom is 0.137 e. The first kappa shape index (κ1) is 10.8. The zero-order valence-corrected chi connectivity index (χ0v) is 11.2. The lowest BCUT2D eigenvalue weighted by atomic mass is 9.84. The Kier molecular flexibility index (Phi) is 2.10. The molecule has 0 fully saturated rings. The Hall–Kier alpha value is -2.09. The van der Waals surface area contributed by atoms with Gasteiger partial charge in [0, 0.05) is 11.3 Å². The van der Waals surface area contributed by atoms with Crippen LogP contribution in [0.1, 0.15) is 29.8 Å². The predicted molar refractivity (Wildman–Crippen MR) is 77.5 cm³/mol. The highest BCUT2D eigenvalue weighted by Crippen LogP contribution is 2.39. The average Bonchev–Trinajstić information content (AvgIpc) is 2.79. The van der Waals surface area contributed by atoms with Gasteiger partial charge in [0.15, 0.2) is 0 Å². The second kappa shape index (κ2) is 3.70. The second-order valence-electron chi connectivity index (χ2n) is 5.46. The Labute approximate surface area is 112 Å². The van der Waals surface area contributed by atoms with Crippen molar-refractivity contribution in [2.24, 2.45) is 0 Å². The van der Waals surface area contributed by atoms with Crippen LogP contribution in [0.15, 0.2) is 42.5 Å². The Bertz CT molecular complexity index is 783. The van der Waals surface area contributed by atoms with Gasteiger partial charge >= 0.3 is 0 Å². The van der Waals surface area contributed by atoms with E-state index in [9.17, 15) is 0 Å². The van der Waals surface area contributed by atoms with Crippen molar-refractivity contribution in [3.05, 3.63) is 59.4 Å². The Morgan fingerprint density at radius 2 is 1.95 bits per heavy atom. The topological polar surface area (TPSA) is 17.3 Å². The number of benzene rings is 1. The second-order valence-corrected chi connectivity index (χ2v) is 5.46. The molecule has 19 heavy (non-hydrogen) atoms. The van der Waals surface area contributed by atoms with E-state index in [1.165, 1.54) is 28.2 Å². The molecule has 2 nitrogen and oxygen atoms in total. The number of aromatic nitrogens is 2. The van der Waals surface area contributed by atoms with Gasteiger partial charge in [-0.15, -0.1) is 0 Å². The van der Waals surface area contributed by atoms with Crippen molar-refractivity contribution in [1.82, 2.24) is 9.38 Å². The van der Waals surface area contributed by atoms with Crippen molar-refractivity contribution in [2.45, 2.75) is 26.2 Å². The molecule has 0 saturated heterocycles. The van der Waals surface area contributed by atoms with Gasteiger partial charge < -0.3 is 4.40 Å². The highest BCUT2D eigenvalue weighted by molar-refractivity contribution is 5.73. The van der Waals surface area contributed by atoms with Crippen molar-refractivity contribution in [1.29, 1.82) is 0 Å². The highest BCUT2D eigenvalue weighted by Gasteiger charge is 2.25. The summed E-state index contributed by atoms with van der Waals surface area (Å²) in [5.74, 6) is 0.559. The molecule has 1 aliphatic carbocycles. The van der Waals surface area contributed by atoms with Gasteiger partial charge in [-0.25, -0.2) is 4.98 Å². The van der Waals surface area contributed by atoms with Gasteiger partial charge in [-0.1, -0.05) is 37.3 Å². The molecule has 2 heterocycles. The van der Waals surface area contributed by atoms with E-state index in [0.717, 1.165) is 12.1 Å². The summed E-state index contributed by atoms with van der Waals surface area (Å²) in [6.45, 7) is 4.46. The summed E-state index contributed by atoms with van der Waals surface area (Å²) in [6.07, 6.45) is 1.07. The molecule has 2 heteroatoms. The van der Waals surface area contributed by atoms with Crippen molar-refractivity contribution in [3.63, 3.8) is 0 Å². The van der Waals surface area contributed by atoms with E-state index in [1.807, 2.05) is 0 Å². The normalized spacial score (nSPS) is 17.3. The van der Waals surface area contributed by atoms with Crippen molar-refractivity contribution >= 4 is 5.65 Å². The fraction of sp³-hybridized carbons (Fsp3) is 0.235. The summed E-state index contributed by atoms with van der Waals surface area (Å²) in [4.78, 5) is 4.85. The molecule has 0 saturated carbocycles. The van der Waals surface area contributed by atoms with Crippen LogP contribution >= 0.6 is 0 Å². The summed E-state index contributed by atoms with van der Waals surface area (Å²) < 4.78 is 2.31. The minimum Gasteiger partial charge on any atom is -0.301 e. The molecule has 1 aromatic carbocycles. The van der Waals surface area contributed by atoms with Crippen molar-refractivity contribution in [2.75, 3.05) is 0 Å². The largest absolute Gasteiger partial charge is 0.301 e. The first-order chi connectivity index (χ1) is 9.25. The van der Waals surface area contributed by atoms with Crippen LogP contribution in [0.3, 0.4) is 0 Å². The van der Waals surface area contributed by atoms with Crippen LogP contribution < -0.4 is 0 Å². The third kappa shape index (κ3) is 1.40. The van der Waals surface area contributed by atoms with Gasteiger partial charge in [-0.3, -0.25) is 0 Å². The summed E-state index contributed by atoms with van der Waals surface area (Å²) in [7, 11) is 0. The van der Waals surface area contributed by atoms with Crippen LogP contribution in [-0.2, 0) is 6.42 Å². The van der Waals surface area contributed by atoms with Crippen LogP contribution in [0.4, 0.5) is 0 Å². The van der Waals surface area contributed by atoms with Crippen LogP contribution in [0, 0.1) is 6.92 Å². The first-order valence-electron chi connectivity index (χ1n) is 6.82. The molecule has 0 spiro atoms.